The zero-order valence-electron chi connectivity index (χ0n) is 9.94. The van der Waals surface area contributed by atoms with Gasteiger partial charge in [0.2, 0.25) is 0 Å². The summed E-state index contributed by atoms with van der Waals surface area (Å²) in [6.07, 6.45) is 2.35. The van der Waals surface area contributed by atoms with Crippen LogP contribution in [0.15, 0.2) is 24.3 Å². The summed E-state index contributed by atoms with van der Waals surface area (Å²) in [5, 5.41) is 3.36. The molecule has 1 saturated heterocycles. The quantitative estimate of drug-likeness (QED) is 0.805. The molecular formula is C13H17NO3. The van der Waals surface area contributed by atoms with Gasteiger partial charge < -0.3 is 14.8 Å². The van der Waals surface area contributed by atoms with E-state index in [1.54, 1.807) is 18.2 Å². The number of carbonyl (C=O) groups is 1. The number of carbonyl (C=O) groups excluding carboxylic acids is 1. The third-order valence-electron chi connectivity index (χ3n) is 2.87. The Bertz CT molecular complexity index is 386. The van der Waals surface area contributed by atoms with Gasteiger partial charge in [0, 0.05) is 6.04 Å². The van der Waals surface area contributed by atoms with Crippen LogP contribution >= 0.6 is 0 Å². The third kappa shape index (κ3) is 3.20. The molecule has 0 saturated carbocycles. The normalized spacial score (nSPS) is 19.0. The van der Waals surface area contributed by atoms with E-state index in [4.69, 9.17) is 4.74 Å². The molecule has 0 spiro atoms. The summed E-state index contributed by atoms with van der Waals surface area (Å²) in [5.41, 5.74) is 0.518. The van der Waals surface area contributed by atoms with Crippen molar-refractivity contribution < 1.29 is 14.3 Å². The van der Waals surface area contributed by atoms with E-state index in [1.165, 1.54) is 13.5 Å². The van der Waals surface area contributed by atoms with Gasteiger partial charge in [0.05, 0.1) is 12.7 Å². The van der Waals surface area contributed by atoms with Crippen molar-refractivity contribution in [1.82, 2.24) is 5.32 Å². The van der Waals surface area contributed by atoms with E-state index in [0.29, 0.717) is 24.0 Å². The summed E-state index contributed by atoms with van der Waals surface area (Å²) >= 11 is 0. The number of nitrogens with one attached hydrogen (secondary N) is 1. The Labute approximate surface area is 101 Å². The maximum absolute atomic E-state index is 11.3. The molecule has 0 aliphatic carbocycles. The van der Waals surface area contributed by atoms with E-state index in [9.17, 15) is 4.79 Å². The van der Waals surface area contributed by atoms with Crippen LogP contribution in [0.2, 0.25) is 0 Å². The first-order valence-electron chi connectivity index (χ1n) is 5.84. The van der Waals surface area contributed by atoms with Crippen LogP contribution in [0, 0.1) is 0 Å². The second-order valence-electron chi connectivity index (χ2n) is 4.12. The van der Waals surface area contributed by atoms with Crippen molar-refractivity contribution in [2.45, 2.75) is 18.9 Å². The average molecular weight is 235 g/mol. The van der Waals surface area contributed by atoms with Gasteiger partial charge in [-0.2, -0.15) is 0 Å². The smallest absolute Gasteiger partial charge is 0.337 e. The van der Waals surface area contributed by atoms with Crippen LogP contribution in [-0.4, -0.2) is 32.3 Å². The third-order valence-corrected chi connectivity index (χ3v) is 2.87. The maximum atomic E-state index is 11.3. The molecule has 1 aromatic rings. The predicted octanol–water partition coefficient (Wildman–Crippen LogP) is 1.60. The van der Waals surface area contributed by atoms with Gasteiger partial charge in [-0.05, 0) is 37.6 Å². The van der Waals surface area contributed by atoms with Crippen molar-refractivity contribution in [1.29, 1.82) is 0 Å². The molecule has 1 aliphatic rings. The van der Waals surface area contributed by atoms with Crippen LogP contribution in [0.4, 0.5) is 0 Å². The molecule has 17 heavy (non-hydrogen) atoms. The molecule has 1 fully saturated rings. The number of hydrogen-bond acceptors (Lipinski definition) is 4. The summed E-state index contributed by atoms with van der Waals surface area (Å²) in [6, 6.07) is 7.50. The van der Waals surface area contributed by atoms with Gasteiger partial charge in [0.15, 0.2) is 0 Å². The van der Waals surface area contributed by atoms with Crippen LogP contribution in [0.5, 0.6) is 5.75 Å². The molecule has 1 unspecified atom stereocenters. The molecule has 0 radical (unpaired) electrons. The summed E-state index contributed by atoms with van der Waals surface area (Å²) in [5.74, 6) is 0.371. The van der Waals surface area contributed by atoms with Gasteiger partial charge in [-0.25, -0.2) is 4.79 Å². The van der Waals surface area contributed by atoms with E-state index in [1.807, 2.05) is 6.07 Å². The number of hydrogen-bond donors (Lipinski definition) is 1. The zero-order valence-corrected chi connectivity index (χ0v) is 9.94. The average Bonchev–Trinajstić information content (AvgIpc) is 2.89. The molecule has 4 nitrogen and oxygen atoms in total. The number of rotatable bonds is 4. The molecule has 1 aromatic carbocycles. The minimum Gasteiger partial charge on any atom is -0.492 e. The summed E-state index contributed by atoms with van der Waals surface area (Å²) in [4.78, 5) is 11.3. The molecule has 1 N–H and O–H groups in total. The number of benzene rings is 1. The Morgan fingerprint density at radius 1 is 1.53 bits per heavy atom. The SMILES string of the molecule is COC(=O)c1cccc(OCC2CCCN2)c1. The van der Waals surface area contributed by atoms with Gasteiger partial charge in [-0.3, -0.25) is 0 Å². The van der Waals surface area contributed by atoms with Gasteiger partial charge in [-0.1, -0.05) is 6.07 Å². The van der Waals surface area contributed by atoms with Crippen LogP contribution in [0.1, 0.15) is 23.2 Å². The molecule has 4 heteroatoms. The van der Waals surface area contributed by atoms with Crippen LogP contribution in [0.25, 0.3) is 0 Å². The number of methoxy groups -OCH3 is 1. The van der Waals surface area contributed by atoms with Gasteiger partial charge in [0.25, 0.3) is 0 Å². The molecule has 2 rings (SSSR count). The lowest BCUT2D eigenvalue weighted by Crippen LogP contribution is -2.28. The second-order valence-corrected chi connectivity index (χ2v) is 4.12. The van der Waals surface area contributed by atoms with E-state index in [2.05, 4.69) is 10.1 Å². The summed E-state index contributed by atoms with van der Waals surface area (Å²) in [6.45, 7) is 1.71. The predicted molar refractivity (Wildman–Crippen MR) is 64.3 cm³/mol. The number of ether oxygens (including phenoxy) is 2. The van der Waals surface area contributed by atoms with Crippen molar-refractivity contribution >= 4 is 5.97 Å². The monoisotopic (exact) mass is 235 g/mol. The fourth-order valence-electron chi connectivity index (χ4n) is 1.93. The second kappa shape index (κ2) is 5.68. The molecule has 1 aliphatic heterocycles. The Balaban J connectivity index is 1.93. The molecular weight excluding hydrogens is 218 g/mol. The van der Waals surface area contributed by atoms with E-state index in [0.717, 1.165) is 13.0 Å². The van der Waals surface area contributed by atoms with Crippen LogP contribution in [0.3, 0.4) is 0 Å². The van der Waals surface area contributed by atoms with Crippen LogP contribution in [-0.2, 0) is 4.74 Å². The number of esters is 1. The highest BCUT2D eigenvalue weighted by atomic mass is 16.5. The first kappa shape index (κ1) is 11.9. The lowest BCUT2D eigenvalue weighted by Gasteiger charge is -2.12. The Morgan fingerprint density at radius 3 is 3.12 bits per heavy atom. The summed E-state index contributed by atoms with van der Waals surface area (Å²) in [7, 11) is 1.37. The van der Waals surface area contributed by atoms with E-state index >= 15 is 0 Å². The van der Waals surface area contributed by atoms with Crippen molar-refractivity contribution in [3.8, 4) is 5.75 Å². The Kier molecular flexibility index (Phi) is 3.98. The largest absolute Gasteiger partial charge is 0.492 e. The highest BCUT2D eigenvalue weighted by Gasteiger charge is 2.14. The van der Waals surface area contributed by atoms with Gasteiger partial charge in [0.1, 0.15) is 12.4 Å². The van der Waals surface area contributed by atoms with E-state index in [-0.39, 0.29) is 5.97 Å². The van der Waals surface area contributed by atoms with Crippen molar-refractivity contribution in [3.63, 3.8) is 0 Å². The molecule has 1 atom stereocenters. The van der Waals surface area contributed by atoms with Crippen molar-refractivity contribution in [3.05, 3.63) is 29.8 Å². The Morgan fingerprint density at radius 2 is 2.41 bits per heavy atom. The molecule has 0 bridgehead atoms. The first-order chi connectivity index (χ1) is 8.29. The van der Waals surface area contributed by atoms with Gasteiger partial charge in [-0.15, -0.1) is 0 Å². The minimum atomic E-state index is -0.338. The molecule has 0 amide bonds. The standard InChI is InChI=1S/C13H17NO3/c1-16-13(15)10-4-2-6-12(8-10)17-9-11-5-3-7-14-11/h2,4,6,8,11,14H,3,5,7,9H2,1H3. The lowest BCUT2D eigenvalue weighted by atomic mass is 10.2. The maximum Gasteiger partial charge on any atom is 0.337 e. The fraction of sp³-hybridized carbons (Fsp3) is 0.462. The molecule has 0 aromatic heterocycles. The lowest BCUT2D eigenvalue weighted by molar-refractivity contribution is 0.0600. The summed E-state index contributed by atoms with van der Waals surface area (Å²) < 4.78 is 10.3. The minimum absolute atomic E-state index is 0.338. The highest BCUT2D eigenvalue weighted by molar-refractivity contribution is 5.89. The Hall–Kier alpha value is -1.55. The van der Waals surface area contributed by atoms with Gasteiger partial charge >= 0.3 is 5.97 Å². The van der Waals surface area contributed by atoms with E-state index < -0.39 is 0 Å². The zero-order chi connectivity index (χ0) is 12.1. The van der Waals surface area contributed by atoms with Crippen molar-refractivity contribution in [2.24, 2.45) is 0 Å². The molecule has 92 valence electrons. The first-order valence-corrected chi connectivity index (χ1v) is 5.84. The van der Waals surface area contributed by atoms with Crippen LogP contribution < -0.4 is 10.1 Å². The fourth-order valence-corrected chi connectivity index (χ4v) is 1.93. The molecule has 1 heterocycles. The highest BCUT2D eigenvalue weighted by Crippen LogP contribution is 2.15. The topological polar surface area (TPSA) is 47.6 Å². The van der Waals surface area contributed by atoms with Crippen molar-refractivity contribution in [2.75, 3.05) is 20.3 Å².